The minimum atomic E-state index is -0.785. The number of hydrogen-bond acceptors (Lipinski definition) is 4. The lowest BCUT2D eigenvalue weighted by Gasteiger charge is -2.26. The minimum absolute atomic E-state index is 0.185. The number of rotatable bonds is 9. The molecular weight excluding hydrogens is 218 g/mol. The van der Waals surface area contributed by atoms with Gasteiger partial charge in [-0.25, -0.2) is 0 Å². The van der Waals surface area contributed by atoms with E-state index in [4.69, 9.17) is 0 Å². The van der Waals surface area contributed by atoms with Crippen LogP contribution in [0.2, 0.25) is 0 Å². The smallest absolute Gasteiger partial charge is 0.210 e. The number of hydrogen-bond donors (Lipinski definition) is 4. The second kappa shape index (κ2) is 8.75. The van der Waals surface area contributed by atoms with Gasteiger partial charge in [-0.1, -0.05) is 20.8 Å². The van der Waals surface area contributed by atoms with Gasteiger partial charge in [0, 0.05) is 6.42 Å². The third kappa shape index (κ3) is 7.60. The van der Waals surface area contributed by atoms with Crippen LogP contribution in [0.25, 0.3) is 0 Å². The Morgan fingerprint density at radius 2 is 1.71 bits per heavy atom. The van der Waals surface area contributed by atoms with Crippen molar-refractivity contribution < 1.29 is 15.3 Å². The summed E-state index contributed by atoms with van der Waals surface area (Å²) in [6.07, 6.45) is 2.08. The first-order valence-electron chi connectivity index (χ1n) is 6.52. The minimum Gasteiger partial charge on any atom is -0.393 e. The topological polar surface area (TPSA) is 72.7 Å². The molecule has 17 heavy (non-hydrogen) atoms. The van der Waals surface area contributed by atoms with Gasteiger partial charge in [0.15, 0.2) is 0 Å². The van der Waals surface area contributed by atoms with Crippen molar-refractivity contribution in [3.05, 3.63) is 6.42 Å². The van der Waals surface area contributed by atoms with Crippen molar-refractivity contribution in [3.63, 3.8) is 0 Å². The maximum absolute atomic E-state index is 10.0. The zero-order valence-electron chi connectivity index (χ0n) is 11.4. The van der Waals surface area contributed by atoms with Gasteiger partial charge in [-0.3, -0.25) is 5.32 Å². The number of unbranched alkanes of at least 4 members (excludes halogenated alkanes) is 1. The van der Waals surface area contributed by atoms with Crippen LogP contribution < -0.4 is 5.32 Å². The third-order valence-electron chi connectivity index (χ3n) is 2.73. The molecule has 0 aliphatic heterocycles. The molecule has 0 heterocycles. The maximum atomic E-state index is 10.0. The predicted molar refractivity (Wildman–Crippen MR) is 69.3 cm³/mol. The quantitative estimate of drug-likeness (QED) is 0.362. The molecule has 4 N–H and O–H groups in total. The summed E-state index contributed by atoms with van der Waals surface area (Å²) in [5, 5.41) is 31.9. The van der Waals surface area contributed by atoms with Crippen LogP contribution >= 0.6 is 0 Å². The molecule has 0 spiro atoms. The first-order valence-corrected chi connectivity index (χ1v) is 6.52. The van der Waals surface area contributed by atoms with Gasteiger partial charge in [0.1, 0.15) is 12.6 Å². The largest absolute Gasteiger partial charge is 0.393 e. The summed E-state index contributed by atoms with van der Waals surface area (Å²) in [6.45, 7) is 7.68. The van der Waals surface area contributed by atoms with Crippen molar-refractivity contribution in [2.24, 2.45) is 5.92 Å². The lowest BCUT2D eigenvalue weighted by molar-refractivity contribution is 0.0293. The molecule has 0 saturated carbocycles. The van der Waals surface area contributed by atoms with Gasteiger partial charge < -0.3 is 15.3 Å². The Labute approximate surface area is 105 Å². The van der Waals surface area contributed by atoms with Crippen LogP contribution in [0.1, 0.15) is 47.0 Å². The molecule has 0 saturated heterocycles. The fourth-order valence-electron chi connectivity index (χ4n) is 1.78. The van der Waals surface area contributed by atoms with E-state index in [0.717, 1.165) is 12.8 Å². The van der Waals surface area contributed by atoms with Crippen LogP contribution in [0, 0.1) is 12.3 Å². The summed E-state index contributed by atoms with van der Waals surface area (Å²) in [7, 11) is 0. The molecule has 0 radical (unpaired) electrons. The molecular formula is C13H28NO3+. The Morgan fingerprint density at radius 3 is 2.12 bits per heavy atom. The zero-order chi connectivity index (χ0) is 13.4. The van der Waals surface area contributed by atoms with E-state index in [1.54, 1.807) is 6.92 Å². The highest BCUT2D eigenvalue weighted by Crippen LogP contribution is 2.13. The normalized spacial score (nSPS) is 18.8. The molecule has 0 aliphatic rings. The summed E-state index contributed by atoms with van der Waals surface area (Å²) in [5.74, 6) is 0.210. The van der Waals surface area contributed by atoms with Crippen molar-refractivity contribution in [3.8, 4) is 0 Å². The predicted octanol–water partition coefficient (Wildman–Crippen LogP) is 1.06. The van der Waals surface area contributed by atoms with Crippen molar-refractivity contribution in [2.45, 2.75) is 71.4 Å². The lowest BCUT2D eigenvalue weighted by Crippen LogP contribution is -2.49. The Morgan fingerprint density at radius 1 is 1.12 bits per heavy atom. The Balaban J connectivity index is 4.22. The Kier molecular flexibility index (Phi) is 8.60. The van der Waals surface area contributed by atoms with Gasteiger partial charge in [-0.2, -0.15) is 0 Å². The molecule has 4 heteroatoms. The van der Waals surface area contributed by atoms with E-state index in [9.17, 15) is 15.3 Å². The van der Waals surface area contributed by atoms with Crippen LogP contribution in [-0.2, 0) is 0 Å². The summed E-state index contributed by atoms with van der Waals surface area (Å²) in [5.41, 5.74) is 0. The SMILES string of the molecule is CCC[CH+]C(O)C(NC(O)CC(C)O)C(C)C. The van der Waals surface area contributed by atoms with Crippen LogP contribution in [-0.4, -0.2) is 39.8 Å². The van der Waals surface area contributed by atoms with Crippen molar-refractivity contribution in [1.29, 1.82) is 0 Å². The summed E-state index contributed by atoms with van der Waals surface area (Å²) in [4.78, 5) is 0. The van der Waals surface area contributed by atoms with Gasteiger partial charge >= 0.3 is 0 Å². The molecule has 0 aromatic heterocycles. The van der Waals surface area contributed by atoms with Crippen molar-refractivity contribution in [1.82, 2.24) is 5.32 Å². The van der Waals surface area contributed by atoms with Gasteiger partial charge in [-0.05, 0) is 19.3 Å². The van der Waals surface area contributed by atoms with E-state index in [1.807, 2.05) is 20.3 Å². The number of aliphatic hydroxyl groups excluding tert-OH is 3. The Hall–Kier alpha value is -0.290. The van der Waals surface area contributed by atoms with E-state index in [1.165, 1.54) is 0 Å². The second-order valence-electron chi connectivity index (χ2n) is 5.05. The fourth-order valence-corrected chi connectivity index (χ4v) is 1.78. The lowest BCUT2D eigenvalue weighted by atomic mass is 9.94. The molecule has 0 aromatic rings. The summed E-state index contributed by atoms with van der Waals surface area (Å²) >= 11 is 0. The first kappa shape index (κ1) is 16.7. The number of aliphatic hydroxyl groups is 3. The molecule has 102 valence electrons. The van der Waals surface area contributed by atoms with Gasteiger partial charge in [0.05, 0.1) is 18.6 Å². The van der Waals surface area contributed by atoms with Crippen molar-refractivity contribution in [2.75, 3.05) is 0 Å². The Bertz CT molecular complexity index is 186. The second-order valence-corrected chi connectivity index (χ2v) is 5.05. The van der Waals surface area contributed by atoms with E-state index < -0.39 is 18.4 Å². The van der Waals surface area contributed by atoms with Crippen LogP contribution in [0.3, 0.4) is 0 Å². The molecule has 4 atom stereocenters. The van der Waals surface area contributed by atoms with Crippen LogP contribution in [0.5, 0.6) is 0 Å². The molecule has 0 fully saturated rings. The van der Waals surface area contributed by atoms with E-state index >= 15 is 0 Å². The highest BCUT2D eigenvalue weighted by atomic mass is 16.3. The monoisotopic (exact) mass is 246 g/mol. The van der Waals surface area contributed by atoms with E-state index in [-0.39, 0.29) is 18.4 Å². The zero-order valence-corrected chi connectivity index (χ0v) is 11.4. The molecule has 4 nitrogen and oxygen atoms in total. The highest BCUT2D eigenvalue weighted by Gasteiger charge is 2.30. The average Bonchev–Trinajstić information content (AvgIpc) is 2.21. The van der Waals surface area contributed by atoms with Gasteiger partial charge in [-0.15, -0.1) is 0 Å². The fraction of sp³-hybridized carbons (Fsp3) is 0.923. The van der Waals surface area contributed by atoms with Crippen LogP contribution in [0.4, 0.5) is 0 Å². The molecule has 0 rings (SSSR count). The summed E-state index contributed by atoms with van der Waals surface area (Å²) < 4.78 is 0. The number of nitrogens with one attached hydrogen (secondary N) is 1. The van der Waals surface area contributed by atoms with E-state index in [2.05, 4.69) is 12.2 Å². The van der Waals surface area contributed by atoms with Gasteiger partial charge in [0.2, 0.25) is 6.10 Å². The first-order chi connectivity index (χ1) is 7.88. The highest BCUT2D eigenvalue weighted by molar-refractivity contribution is 4.89. The molecule has 4 unspecified atom stereocenters. The molecule has 0 bridgehead atoms. The third-order valence-corrected chi connectivity index (χ3v) is 2.73. The maximum Gasteiger partial charge on any atom is 0.210 e. The average molecular weight is 246 g/mol. The summed E-state index contributed by atoms with van der Waals surface area (Å²) in [6, 6.07) is -0.185. The van der Waals surface area contributed by atoms with Gasteiger partial charge in [0.25, 0.3) is 0 Å². The molecule has 0 amide bonds. The van der Waals surface area contributed by atoms with Crippen molar-refractivity contribution >= 4 is 0 Å². The van der Waals surface area contributed by atoms with E-state index in [0.29, 0.717) is 0 Å². The standard InChI is InChI=1S/C13H28NO3/c1-5-6-7-11(16)13(9(2)3)14-12(17)8-10(4)15/h7,9-17H,5-6,8H2,1-4H3/q+1. The molecule has 0 aromatic carbocycles. The van der Waals surface area contributed by atoms with Crippen LogP contribution in [0.15, 0.2) is 0 Å². The molecule has 0 aliphatic carbocycles.